The van der Waals surface area contributed by atoms with Gasteiger partial charge in [-0.25, -0.2) is 0 Å². The lowest BCUT2D eigenvalue weighted by Gasteiger charge is -2.03. The molecule has 0 amide bonds. The minimum absolute atomic E-state index is 0.139. The number of anilines is 1. The van der Waals surface area contributed by atoms with Crippen molar-refractivity contribution in [1.82, 2.24) is 0 Å². The van der Waals surface area contributed by atoms with E-state index in [9.17, 15) is 8.42 Å². The molecule has 2 rings (SSSR count). The van der Waals surface area contributed by atoms with Gasteiger partial charge in [-0.05, 0) is 31.2 Å². The smallest absolute Gasteiger partial charge is 0.285 e. The van der Waals surface area contributed by atoms with Crippen molar-refractivity contribution in [3.63, 3.8) is 0 Å². The third kappa shape index (κ3) is 3.06. The van der Waals surface area contributed by atoms with E-state index in [0.29, 0.717) is 11.4 Å². The highest BCUT2D eigenvalue weighted by Crippen LogP contribution is 2.19. The Morgan fingerprint density at radius 2 is 1.74 bits per heavy atom. The van der Waals surface area contributed by atoms with Crippen LogP contribution in [0.15, 0.2) is 56.9 Å². The molecule has 0 fully saturated rings. The van der Waals surface area contributed by atoms with Crippen molar-refractivity contribution >= 4 is 21.4 Å². The normalized spacial score (nSPS) is 17.7. The zero-order valence-corrected chi connectivity index (χ0v) is 11.6. The molecule has 0 radical (unpaired) electrons. The molecule has 0 bridgehead atoms. The van der Waals surface area contributed by atoms with E-state index in [0.717, 1.165) is 11.1 Å². The molecule has 0 atom stereocenters. The summed E-state index contributed by atoms with van der Waals surface area (Å²) in [5.41, 5.74) is 8.59. The Morgan fingerprint density at radius 1 is 1.11 bits per heavy atom. The minimum Gasteiger partial charge on any atom is -0.399 e. The molecular weight excluding hydrogens is 260 g/mol. The highest BCUT2D eigenvalue weighted by molar-refractivity contribution is 7.90. The van der Waals surface area contributed by atoms with Crippen LogP contribution >= 0.6 is 0 Å². The quantitative estimate of drug-likeness (QED) is 0.665. The summed E-state index contributed by atoms with van der Waals surface area (Å²) in [4.78, 5) is 0.139. The summed E-state index contributed by atoms with van der Waals surface area (Å²) in [5, 5.41) is 0. The van der Waals surface area contributed by atoms with Gasteiger partial charge in [0, 0.05) is 12.6 Å². The van der Waals surface area contributed by atoms with Crippen molar-refractivity contribution in [2.45, 2.75) is 18.7 Å². The summed E-state index contributed by atoms with van der Waals surface area (Å²) >= 11 is 0. The Morgan fingerprint density at radius 3 is 2.32 bits per heavy atom. The minimum atomic E-state index is -3.69. The van der Waals surface area contributed by atoms with Crippen molar-refractivity contribution in [2.75, 3.05) is 5.73 Å². The van der Waals surface area contributed by atoms with Gasteiger partial charge in [0.25, 0.3) is 10.0 Å². The van der Waals surface area contributed by atoms with Crippen LogP contribution in [0.3, 0.4) is 0 Å². The lowest BCUT2D eigenvalue weighted by Crippen LogP contribution is -2.06. The number of nitrogen functional groups attached to an aromatic ring is 1. The maximum atomic E-state index is 12.1. The van der Waals surface area contributed by atoms with Gasteiger partial charge in [-0.3, -0.25) is 0 Å². The highest BCUT2D eigenvalue weighted by atomic mass is 32.2. The van der Waals surface area contributed by atoms with Gasteiger partial charge in [0.05, 0.1) is 34.6 Å². The largest absolute Gasteiger partial charge is 0.399 e. The SMILES string of the molecule is CC1=C[CH+]/C(=N/S(=O)(=O)c2ccc(N)cc2)C=C1C. The fourth-order valence-electron chi connectivity index (χ4n) is 1.61. The van der Waals surface area contributed by atoms with Gasteiger partial charge < -0.3 is 5.73 Å². The Hall–Kier alpha value is -2.01. The van der Waals surface area contributed by atoms with Crippen molar-refractivity contribution in [3.05, 3.63) is 54.0 Å². The number of rotatable bonds is 2. The van der Waals surface area contributed by atoms with Gasteiger partial charge in [0.1, 0.15) is 0 Å². The van der Waals surface area contributed by atoms with Crippen LogP contribution in [0.2, 0.25) is 0 Å². The molecule has 98 valence electrons. The zero-order chi connectivity index (χ0) is 14.0. The molecule has 0 unspecified atom stereocenters. The predicted octanol–water partition coefficient (Wildman–Crippen LogP) is 2.51. The van der Waals surface area contributed by atoms with E-state index in [1.54, 1.807) is 24.6 Å². The Bertz CT molecular complexity index is 681. The molecule has 0 spiro atoms. The Kier molecular flexibility index (Phi) is 3.48. The van der Waals surface area contributed by atoms with E-state index in [4.69, 9.17) is 5.73 Å². The number of nitrogens with zero attached hydrogens (tertiary/aromatic N) is 1. The average Bonchev–Trinajstić information content (AvgIpc) is 2.34. The lowest BCUT2D eigenvalue weighted by atomic mass is 10.00. The number of hydrogen-bond donors (Lipinski definition) is 1. The Labute approximate surface area is 113 Å². The third-order valence-corrected chi connectivity index (χ3v) is 4.21. The summed E-state index contributed by atoms with van der Waals surface area (Å²) in [5.74, 6) is 0. The average molecular weight is 275 g/mol. The van der Waals surface area contributed by atoms with E-state index >= 15 is 0 Å². The van der Waals surface area contributed by atoms with E-state index in [1.165, 1.54) is 12.1 Å². The van der Waals surface area contributed by atoms with Gasteiger partial charge in [-0.2, -0.15) is 8.42 Å². The molecular formula is C14H15N2O2S+. The summed E-state index contributed by atoms with van der Waals surface area (Å²) < 4.78 is 28.0. The number of allylic oxidation sites excluding steroid dienone is 4. The molecule has 1 aliphatic rings. The van der Waals surface area contributed by atoms with Crippen molar-refractivity contribution in [3.8, 4) is 0 Å². The molecule has 1 aliphatic carbocycles. The number of hydrogen-bond acceptors (Lipinski definition) is 3. The maximum absolute atomic E-state index is 12.1. The summed E-state index contributed by atoms with van der Waals surface area (Å²) in [6.07, 6.45) is 5.30. The first-order valence-corrected chi connectivity index (χ1v) is 7.23. The van der Waals surface area contributed by atoms with E-state index in [2.05, 4.69) is 4.40 Å². The number of sulfonamides is 1. The van der Waals surface area contributed by atoms with Crippen LogP contribution in [0.5, 0.6) is 0 Å². The second kappa shape index (κ2) is 4.93. The fraction of sp³-hybridized carbons (Fsp3) is 0.143. The fourth-order valence-corrected chi connectivity index (χ4v) is 2.59. The monoisotopic (exact) mass is 275 g/mol. The standard InChI is InChI=1S/C14H15N2O2S/c1-10-3-6-13(9-11(10)2)16-19(17,18)14-7-4-12(15)5-8-14/h3-9H,15H2,1-2H3/q+1/b16-13-. The summed E-state index contributed by atoms with van der Waals surface area (Å²) in [6, 6.07) is 6.00. The molecule has 1 aromatic carbocycles. The second-order valence-corrected chi connectivity index (χ2v) is 6.01. The number of benzene rings is 1. The molecule has 2 N–H and O–H groups in total. The maximum Gasteiger partial charge on any atom is 0.285 e. The number of nitrogens with two attached hydrogens (primary N) is 1. The Balaban J connectivity index is 2.35. The van der Waals surface area contributed by atoms with Gasteiger partial charge in [0.2, 0.25) is 0 Å². The summed E-state index contributed by atoms with van der Waals surface area (Å²) in [6.45, 7) is 3.89. The van der Waals surface area contributed by atoms with Gasteiger partial charge in [0.15, 0.2) is 5.71 Å². The van der Waals surface area contributed by atoms with Crippen LogP contribution < -0.4 is 5.73 Å². The molecule has 1 aromatic rings. The van der Waals surface area contributed by atoms with Crippen molar-refractivity contribution < 1.29 is 8.42 Å². The van der Waals surface area contributed by atoms with E-state index < -0.39 is 10.0 Å². The van der Waals surface area contributed by atoms with Crippen LogP contribution in [0.25, 0.3) is 0 Å². The molecule has 0 saturated heterocycles. The van der Waals surface area contributed by atoms with Crippen LogP contribution in [0, 0.1) is 6.42 Å². The van der Waals surface area contributed by atoms with E-state index in [1.807, 2.05) is 19.9 Å². The zero-order valence-electron chi connectivity index (χ0n) is 10.8. The molecule has 0 aromatic heterocycles. The third-order valence-electron chi connectivity index (χ3n) is 2.89. The van der Waals surface area contributed by atoms with Crippen LogP contribution in [-0.2, 0) is 10.0 Å². The summed E-state index contributed by atoms with van der Waals surface area (Å²) in [7, 11) is -3.69. The predicted molar refractivity (Wildman–Crippen MR) is 77.3 cm³/mol. The van der Waals surface area contributed by atoms with E-state index in [-0.39, 0.29) is 4.90 Å². The van der Waals surface area contributed by atoms with Crippen LogP contribution in [-0.4, -0.2) is 14.1 Å². The van der Waals surface area contributed by atoms with Gasteiger partial charge >= 0.3 is 0 Å². The van der Waals surface area contributed by atoms with Crippen molar-refractivity contribution in [2.24, 2.45) is 4.40 Å². The van der Waals surface area contributed by atoms with Crippen LogP contribution in [0.1, 0.15) is 13.8 Å². The lowest BCUT2D eigenvalue weighted by molar-refractivity contribution is 0.598. The molecule has 0 saturated carbocycles. The molecule has 0 aliphatic heterocycles. The van der Waals surface area contributed by atoms with Gasteiger partial charge in [-0.1, -0.05) is 0 Å². The molecule has 4 nitrogen and oxygen atoms in total. The topological polar surface area (TPSA) is 72.5 Å². The molecule has 5 heteroatoms. The van der Waals surface area contributed by atoms with Gasteiger partial charge in [-0.15, -0.1) is 4.40 Å². The second-order valence-electron chi connectivity index (χ2n) is 4.40. The highest BCUT2D eigenvalue weighted by Gasteiger charge is 2.19. The van der Waals surface area contributed by atoms with Crippen LogP contribution in [0.4, 0.5) is 5.69 Å². The first-order valence-electron chi connectivity index (χ1n) is 5.79. The first kappa shape index (κ1) is 13.4. The molecule has 0 heterocycles. The first-order chi connectivity index (χ1) is 8.88. The van der Waals surface area contributed by atoms with Crippen molar-refractivity contribution in [1.29, 1.82) is 0 Å². The molecule has 19 heavy (non-hydrogen) atoms.